The molecule has 5 nitrogen and oxygen atoms in total. The first-order valence-corrected chi connectivity index (χ1v) is 6.35. The molecule has 1 N–H and O–H groups in total. The molecule has 1 rings (SSSR count). The van der Waals surface area contributed by atoms with E-state index in [1.54, 1.807) is 11.0 Å². The summed E-state index contributed by atoms with van der Waals surface area (Å²) < 4.78 is 0. The number of carbonyl (C=O) groups is 2. The summed E-state index contributed by atoms with van der Waals surface area (Å²) >= 11 is 0. The summed E-state index contributed by atoms with van der Waals surface area (Å²) in [6, 6.07) is 0. The maximum Gasteiger partial charge on any atom is 0.225 e. The van der Waals surface area contributed by atoms with E-state index in [9.17, 15) is 9.59 Å². The molecule has 1 unspecified atom stereocenters. The number of amides is 2. The second-order valence-corrected chi connectivity index (χ2v) is 4.94. The van der Waals surface area contributed by atoms with Gasteiger partial charge in [0.2, 0.25) is 11.8 Å². The molecule has 18 heavy (non-hydrogen) atoms. The number of hydrogen-bond donors (Lipinski definition) is 1. The summed E-state index contributed by atoms with van der Waals surface area (Å²) in [5, 5.41) is 2.89. The first kappa shape index (κ1) is 14.7. The lowest BCUT2D eigenvalue weighted by molar-refractivity contribution is -0.128. The van der Waals surface area contributed by atoms with Gasteiger partial charge in [0, 0.05) is 26.1 Å². The Morgan fingerprint density at radius 3 is 2.94 bits per heavy atom. The largest absolute Gasteiger partial charge is 0.356 e. The van der Waals surface area contributed by atoms with Crippen LogP contribution < -0.4 is 5.32 Å². The van der Waals surface area contributed by atoms with Gasteiger partial charge in [0.05, 0.1) is 5.92 Å². The minimum atomic E-state index is -0.197. The Labute approximate surface area is 109 Å². The van der Waals surface area contributed by atoms with Crippen molar-refractivity contribution in [2.45, 2.75) is 12.8 Å². The van der Waals surface area contributed by atoms with Crippen molar-refractivity contribution in [3.8, 4) is 0 Å². The van der Waals surface area contributed by atoms with Crippen LogP contribution in [0.25, 0.3) is 0 Å². The second-order valence-electron chi connectivity index (χ2n) is 4.94. The van der Waals surface area contributed by atoms with Gasteiger partial charge in [-0.15, -0.1) is 6.58 Å². The molecule has 0 aliphatic carbocycles. The van der Waals surface area contributed by atoms with Crippen LogP contribution >= 0.6 is 0 Å². The minimum Gasteiger partial charge on any atom is -0.356 e. The Bertz CT molecular complexity index is 315. The number of rotatable bonds is 7. The number of nitrogens with one attached hydrogen (secondary N) is 1. The highest BCUT2D eigenvalue weighted by Gasteiger charge is 2.33. The summed E-state index contributed by atoms with van der Waals surface area (Å²) in [6.07, 6.45) is 2.94. The smallest absolute Gasteiger partial charge is 0.225 e. The maximum absolute atomic E-state index is 11.9. The topological polar surface area (TPSA) is 52.7 Å². The van der Waals surface area contributed by atoms with E-state index >= 15 is 0 Å². The van der Waals surface area contributed by atoms with Crippen LogP contribution in [0.15, 0.2) is 12.7 Å². The van der Waals surface area contributed by atoms with Crippen LogP contribution in [0.3, 0.4) is 0 Å². The fourth-order valence-electron chi connectivity index (χ4n) is 2.03. The van der Waals surface area contributed by atoms with Crippen molar-refractivity contribution in [2.24, 2.45) is 5.92 Å². The Balaban J connectivity index is 2.27. The van der Waals surface area contributed by atoms with Crippen molar-refractivity contribution in [1.29, 1.82) is 0 Å². The molecule has 0 aromatic heterocycles. The molecule has 1 heterocycles. The molecule has 102 valence electrons. The summed E-state index contributed by atoms with van der Waals surface area (Å²) in [7, 11) is 4.01. The SMILES string of the molecule is C=CCN1CC(C(=O)NCCCN(C)C)CC1=O. The Hall–Kier alpha value is -1.36. The Kier molecular flexibility index (Phi) is 5.85. The third kappa shape index (κ3) is 4.49. The predicted molar refractivity (Wildman–Crippen MR) is 71.1 cm³/mol. The molecule has 1 atom stereocenters. The molecule has 1 aliphatic heterocycles. The van der Waals surface area contributed by atoms with E-state index in [2.05, 4.69) is 16.8 Å². The molecule has 1 saturated heterocycles. The zero-order chi connectivity index (χ0) is 13.5. The molecule has 5 heteroatoms. The number of nitrogens with zero attached hydrogens (tertiary/aromatic N) is 2. The number of carbonyl (C=O) groups excluding carboxylic acids is 2. The second kappa shape index (κ2) is 7.16. The van der Waals surface area contributed by atoms with Crippen LogP contribution in [0.4, 0.5) is 0 Å². The van der Waals surface area contributed by atoms with Crippen LogP contribution in [0.1, 0.15) is 12.8 Å². The van der Waals surface area contributed by atoms with Gasteiger partial charge in [0.1, 0.15) is 0 Å². The molecule has 0 aromatic carbocycles. The number of likely N-dealkylation sites (tertiary alicyclic amines) is 1. The van der Waals surface area contributed by atoms with Gasteiger partial charge in [-0.25, -0.2) is 0 Å². The standard InChI is InChI=1S/C13H23N3O2/c1-4-7-16-10-11(9-12(16)17)13(18)14-6-5-8-15(2)3/h4,11H,1,5-10H2,2-3H3,(H,14,18). The highest BCUT2D eigenvalue weighted by atomic mass is 16.2. The first-order valence-electron chi connectivity index (χ1n) is 6.35. The molecular weight excluding hydrogens is 230 g/mol. The number of hydrogen-bond acceptors (Lipinski definition) is 3. The summed E-state index contributed by atoms with van der Waals surface area (Å²) in [5.41, 5.74) is 0. The van der Waals surface area contributed by atoms with Gasteiger partial charge >= 0.3 is 0 Å². The zero-order valence-corrected chi connectivity index (χ0v) is 11.3. The molecular formula is C13H23N3O2. The summed E-state index contributed by atoms with van der Waals surface area (Å²) in [6.45, 7) is 6.28. The van der Waals surface area contributed by atoms with Crippen LogP contribution in [-0.2, 0) is 9.59 Å². The van der Waals surface area contributed by atoms with E-state index in [0.717, 1.165) is 13.0 Å². The van der Waals surface area contributed by atoms with Crippen molar-refractivity contribution < 1.29 is 9.59 Å². The van der Waals surface area contributed by atoms with Crippen LogP contribution in [0, 0.1) is 5.92 Å². The van der Waals surface area contributed by atoms with Gasteiger partial charge in [-0.05, 0) is 27.1 Å². The normalized spacial score (nSPS) is 19.4. The zero-order valence-electron chi connectivity index (χ0n) is 11.3. The van der Waals surface area contributed by atoms with Gasteiger partial charge in [0.25, 0.3) is 0 Å². The van der Waals surface area contributed by atoms with Crippen molar-refractivity contribution in [3.05, 3.63) is 12.7 Å². The summed E-state index contributed by atoms with van der Waals surface area (Å²) in [5.74, 6) is -0.159. The molecule has 0 saturated carbocycles. The van der Waals surface area contributed by atoms with E-state index in [1.165, 1.54) is 0 Å². The predicted octanol–water partition coefficient (Wildman–Crippen LogP) is 0.0888. The van der Waals surface area contributed by atoms with Crippen molar-refractivity contribution >= 4 is 11.8 Å². The van der Waals surface area contributed by atoms with E-state index in [4.69, 9.17) is 0 Å². The lowest BCUT2D eigenvalue weighted by Crippen LogP contribution is -2.34. The quantitative estimate of drug-likeness (QED) is 0.517. The average Bonchev–Trinajstić information content (AvgIpc) is 2.67. The van der Waals surface area contributed by atoms with Gasteiger partial charge in [0.15, 0.2) is 0 Å². The first-order chi connectivity index (χ1) is 8.54. The molecule has 1 fully saturated rings. The van der Waals surface area contributed by atoms with E-state index < -0.39 is 0 Å². The van der Waals surface area contributed by atoms with Crippen molar-refractivity contribution in [2.75, 3.05) is 40.3 Å². The van der Waals surface area contributed by atoms with E-state index in [-0.39, 0.29) is 17.7 Å². The highest BCUT2D eigenvalue weighted by molar-refractivity contribution is 5.89. The molecule has 0 spiro atoms. The van der Waals surface area contributed by atoms with Crippen LogP contribution in [-0.4, -0.2) is 61.9 Å². The Morgan fingerprint density at radius 1 is 1.61 bits per heavy atom. The average molecular weight is 253 g/mol. The molecule has 0 aromatic rings. The molecule has 0 radical (unpaired) electrons. The molecule has 2 amide bonds. The van der Waals surface area contributed by atoms with E-state index in [1.807, 2.05) is 14.1 Å². The third-order valence-electron chi connectivity index (χ3n) is 3.02. The fraction of sp³-hybridized carbons (Fsp3) is 0.692. The van der Waals surface area contributed by atoms with E-state index in [0.29, 0.717) is 26.1 Å². The van der Waals surface area contributed by atoms with Gasteiger partial charge < -0.3 is 15.1 Å². The molecule has 1 aliphatic rings. The lowest BCUT2D eigenvalue weighted by Gasteiger charge is -2.14. The Morgan fingerprint density at radius 2 is 2.33 bits per heavy atom. The van der Waals surface area contributed by atoms with Crippen LogP contribution in [0.5, 0.6) is 0 Å². The van der Waals surface area contributed by atoms with Crippen molar-refractivity contribution in [1.82, 2.24) is 15.1 Å². The monoisotopic (exact) mass is 253 g/mol. The highest BCUT2D eigenvalue weighted by Crippen LogP contribution is 2.17. The fourth-order valence-corrected chi connectivity index (χ4v) is 2.03. The van der Waals surface area contributed by atoms with Gasteiger partial charge in [-0.3, -0.25) is 9.59 Å². The van der Waals surface area contributed by atoms with Gasteiger partial charge in [-0.2, -0.15) is 0 Å². The molecule has 0 bridgehead atoms. The minimum absolute atomic E-state index is 0.00586. The summed E-state index contributed by atoms with van der Waals surface area (Å²) in [4.78, 5) is 27.2. The van der Waals surface area contributed by atoms with Crippen molar-refractivity contribution in [3.63, 3.8) is 0 Å². The lowest BCUT2D eigenvalue weighted by atomic mass is 10.1. The third-order valence-corrected chi connectivity index (χ3v) is 3.02. The van der Waals surface area contributed by atoms with Gasteiger partial charge in [-0.1, -0.05) is 6.08 Å². The van der Waals surface area contributed by atoms with Crippen LogP contribution in [0.2, 0.25) is 0 Å². The maximum atomic E-state index is 11.9.